The number of fused-ring (bicyclic) bond motifs is 1. The molecule has 1 aromatic carbocycles. The maximum absolute atomic E-state index is 11.2. The van der Waals surface area contributed by atoms with E-state index in [0.717, 1.165) is 22.2 Å². The smallest absolute Gasteiger partial charge is 0.136 e. The van der Waals surface area contributed by atoms with Gasteiger partial charge in [0, 0.05) is 4.47 Å². The van der Waals surface area contributed by atoms with Crippen LogP contribution in [0.4, 0.5) is 0 Å². The second-order valence-electron chi connectivity index (χ2n) is 3.57. The standard InChI is InChI=1S/C11H11BrO2/c1-7(13)9-4-8-2-3-10(12)5-11(8)14-6-9/h2-3,5,9H,4,6H2,1H3. The van der Waals surface area contributed by atoms with Crippen molar-refractivity contribution < 1.29 is 9.53 Å². The van der Waals surface area contributed by atoms with Gasteiger partial charge in [-0.15, -0.1) is 0 Å². The number of ketones is 1. The predicted molar refractivity (Wildman–Crippen MR) is 57.5 cm³/mol. The monoisotopic (exact) mass is 254 g/mol. The second-order valence-corrected chi connectivity index (χ2v) is 4.49. The summed E-state index contributed by atoms with van der Waals surface area (Å²) >= 11 is 3.39. The van der Waals surface area contributed by atoms with Crippen molar-refractivity contribution in [2.75, 3.05) is 6.61 Å². The van der Waals surface area contributed by atoms with Crippen LogP contribution in [0.2, 0.25) is 0 Å². The molecule has 2 rings (SSSR count). The van der Waals surface area contributed by atoms with E-state index < -0.39 is 0 Å². The van der Waals surface area contributed by atoms with Gasteiger partial charge in [0.15, 0.2) is 0 Å². The molecule has 0 saturated heterocycles. The van der Waals surface area contributed by atoms with E-state index in [4.69, 9.17) is 4.74 Å². The summed E-state index contributed by atoms with van der Waals surface area (Å²) in [4.78, 5) is 11.2. The number of carbonyl (C=O) groups excluding carboxylic acids is 1. The third-order valence-electron chi connectivity index (χ3n) is 2.51. The van der Waals surface area contributed by atoms with Gasteiger partial charge in [0.25, 0.3) is 0 Å². The number of rotatable bonds is 1. The molecule has 0 bridgehead atoms. The van der Waals surface area contributed by atoms with Gasteiger partial charge in [-0.25, -0.2) is 0 Å². The number of Topliss-reactive ketones (excluding diaryl/α,β-unsaturated/α-hetero) is 1. The summed E-state index contributed by atoms with van der Waals surface area (Å²) in [7, 11) is 0. The first-order chi connectivity index (χ1) is 6.66. The van der Waals surface area contributed by atoms with Gasteiger partial charge in [-0.2, -0.15) is 0 Å². The van der Waals surface area contributed by atoms with E-state index in [0.29, 0.717) is 6.61 Å². The van der Waals surface area contributed by atoms with Crippen LogP contribution in [0.1, 0.15) is 12.5 Å². The lowest BCUT2D eigenvalue weighted by Crippen LogP contribution is -2.26. The summed E-state index contributed by atoms with van der Waals surface area (Å²) in [5.41, 5.74) is 1.12. The molecule has 1 unspecified atom stereocenters. The molecule has 0 saturated carbocycles. The molecule has 3 heteroatoms. The molecule has 2 nitrogen and oxygen atoms in total. The first kappa shape index (κ1) is 9.71. The second kappa shape index (κ2) is 3.73. The minimum absolute atomic E-state index is 0.0312. The molecule has 1 aliphatic heterocycles. The van der Waals surface area contributed by atoms with Crippen molar-refractivity contribution in [3.63, 3.8) is 0 Å². The quantitative estimate of drug-likeness (QED) is 0.770. The van der Waals surface area contributed by atoms with Gasteiger partial charge in [-0.1, -0.05) is 22.0 Å². The van der Waals surface area contributed by atoms with Crippen LogP contribution >= 0.6 is 15.9 Å². The van der Waals surface area contributed by atoms with E-state index in [-0.39, 0.29) is 11.7 Å². The van der Waals surface area contributed by atoms with Gasteiger partial charge in [0.05, 0.1) is 12.5 Å². The third-order valence-corrected chi connectivity index (χ3v) is 3.00. The highest BCUT2D eigenvalue weighted by atomic mass is 79.9. The Morgan fingerprint density at radius 2 is 2.36 bits per heavy atom. The summed E-state index contributed by atoms with van der Waals surface area (Å²) in [5.74, 6) is 1.14. The molecule has 0 aromatic heterocycles. The number of ether oxygens (including phenoxy) is 1. The van der Waals surface area contributed by atoms with Gasteiger partial charge < -0.3 is 4.74 Å². The minimum atomic E-state index is 0.0312. The molecular weight excluding hydrogens is 244 g/mol. The van der Waals surface area contributed by atoms with Crippen LogP contribution < -0.4 is 4.74 Å². The Hall–Kier alpha value is -0.830. The Balaban J connectivity index is 2.27. The highest BCUT2D eigenvalue weighted by Gasteiger charge is 2.22. The van der Waals surface area contributed by atoms with E-state index >= 15 is 0 Å². The van der Waals surface area contributed by atoms with Crippen LogP contribution in [-0.4, -0.2) is 12.4 Å². The van der Waals surface area contributed by atoms with Gasteiger partial charge in [0.2, 0.25) is 0 Å². The highest BCUT2D eigenvalue weighted by molar-refractivity contribution is 9.10. The fraction of sp³-hybridized carbons (Fsp3) is 0.364. The molecule has 1 atom stereocenters. The first-order valence-corrected chi connectivity index (χ1v) is 5.38. The SMILES string of the molecule is CC(=O)C1COc2cc(Br)ccc2C1. The van der Waals surface area contributed by atoms with E-state index in [9.17, 15) is 4.79 Å². The first-order valence-electron chi connectivity index (χ1n) is 4.58. The molecule has 74 valence electrons. The normalized spacial score (nSPS) is 19.7. The highest BCUT2D eigenvalue weighted by Crippen LogP contribution is 2.30. The van der Waals surface area contributed by atoms with E-state index in [2.05, 4.69) is 15.9 Å². The van der Waals surface area contributed by atoms with Crippen molar-refractivity contribution in [3.05, 3.63) is 28.2 Å². The fourth-order valence-corrected chi connectivity index (χ4v) is 1.95. The van der Waals surface area contributed by atoms with Crippen molar-refractivity contribution in [1.82, 2.24) is 0 Å². The van der Waals surface area contributed by atoms with Crippen LogP contribution in [0.25, 0.3) is 0 Å². The van der Waals surface area contributed by atoms with Crippen molar-refractivity contribution >= 4 is 21.7 Å². The maximum Gasteiger partial charge on any atom is 0.136 e. The number of carbonyl (C=O) groups is 1. The van der Waals surface area contributed by atoms with Crippen LogP contribution in [0.15, 0.2) is 22.7 Å². The Morgan fingerprint density at radius 3 is 3.07 bits per heavy atom. The summed E-state index contributed by atoms with van der Waals surface area (Å²) in [6, 6.07) is 5.94. The summed E-state index contributed by atoms with van der Waals surface area (Å²) in [6.45, 7) is 2.14. The molecule has 0 fully saturated rings. The van der Waals surface area contributed by atoms with Crippen LogP contribution in [-0.2, 0) is 11.2 Å². The zero-order chi connectivity index (χ0) is 10.1. The molecule has 0 aliphatic carbocycles. The van der Waals surface area contributed by atoms with Crippen molar-refractivity contribution in [2.45, 2.75) is 13.3 Å². The Bertz CT molecular complexity index is 374. The molecule has 1 aliphatic rings. The zero-order valence-corrected chi connectivity index (χ0v) is 9.50. The van der Waals surface area contributed by atoms with Crippen molar-refractivity contribution in [3.8, 4) is 5.75 Å². The lowest BCUT2D eigenvalue weighted by atomic mass is 9.94. The number of hydrogen-bond donors (Lipinski definition) is 0. The van der Waals surface area contributed by atoms with Crippen LogP contribution in [0.3, 0.4) is 0 Å². The Morgan fingerprint density at radius 1 is 1.57 bits per heavy atom. The molecule has 0 spiro atoms. The fourth-order valence-electron chi connectivity index (χ4n) is 1.61. The summed E-state index contributed by atoms with van der Waals surface area (Å²) < 4.78 is 6.54. The third kappa shape index (κ3) is 1.82. The van der Waals surface area contributed by atoms with E-state index in [1.165, 1.54) is 0 Å². The van der Waals surface area contributed by atoms with Gasteiger partial charge in [-0.3, -0.25) is 4.79 Å². The number of hydrogen-bond acceptors (Lipinski definition) is 2. The van der Waals surface area contributed by atoms with Crippen LogP contribution in [0, 0.1) is 5.92 Å². The summed E-state index contributed by atoms with van der Waals surface area (Å²) in [5, 5.41) is 0. The van der Waals surface area contributed by atoms with Gasteiger partial charge >= 0.3 is 0 Å². The number of benzene rings is 1. The largest absolute Gasteiger partial charge is 0.493 e. The Kier molecular flexibility index (Phi) is 2.59. The average Bonchev–Trinajstić information content (AvgIpc) is 2.16. The van der Waals surface area contributed by atoms with Crippen molar-refractivity contribution in [1.29, 1.82) is 0 Å². The van der Waals surface area contributed by atoms with Gasteiger partial charge in [-0.05, 0) is 31.0 Å². The molecule has 0 N–H and O–H groups in total. The number of halogens is 1. The average molecular weight is 255 g/mol. The summed E-state index contributed by atoms with van der Waals surface area (Å²) in [6.07, 6.45) is 0.804. The Labute approximate surface area is 91.4 Å². The predicted octanol–water partition coefficient (Wildman–Crippen LogP) is 2.59. The van der Waals surface area contributed by atoms with E-state index in [1.807, 2.05) is 18.2 Å². The minimum Gasteiger partial charge on any atom is -0.493 e. The molecule has 0 amide bonds. The lowest BCUT2D eigenvalue weighted by molar-refractivity contribution is -0.121. The van der Waals surface area contributed by atoms with Gasteiger partial charge in [0.1, 0.15) is 11.5 Å². The van der Waals surface area contributed by atoms with E-state index in [1.54, 1.807) is 6.92 Å². The molecule has 1 heterocycles. The topological polar surface area (TPSA) is 26.3 Å². The van der Waals surface area contributed by atoms with Crippen molar-refractivity contribution in [2.24, 2.45) is 5.92 Å². The molecular formula is C11H11BrO2. The lowest BCUT2D eigenvalue weighted by Gasteiger charge is -2.23. The van der Waals surface area contributed by atoms with Crippen LogP contribution in [0.5, 0.6) is 5.75 Å². The molecule has 1 aromatic rings. The molecule has 0 radical (unpaired) electrons. The maximum atomic E-state index is 11.2. The zero-order valence-electron chi connectivity index (χ0n) is 7.92. The molecule has 14 heavy (non-hydrogen) atoms.